The van der Waals surface area contributed by atoms with Gasteiger partial charge in [0.05, 0.1) is 10.6 Å². The SMILES string of the molecule is CN(C)C/C=C/C(=O)NC1CCCC(C(=O)Nc2cccc(Nc3cc(-c4cnc5c(ccn5S(=O)(=O)c5ccccc5)c4)ncn3)c2)C1. The lowest BCUT2D eigenvalue weighted by atomic mass is 9.85. The number of benzene rings is 2. The van der Waals surface area contributed by atoms with Crippen LogP contribution in [0.1, 0.15) is 25.7 Å². The van der Waals surface area contributed by atoms with Gasteiger partial charge in [-0.3, -0.25) is 9.59 Å². The van der Waals surface area contributed by atoms with E-state index in [2.05, 4.69) is 30.9 Å². The van der Waals surface area contributed by atoms with Crippen molar-refractivity contribution in [1.82, 2.24) is 29.1 Å². The molecule has 2 amide bonds. The summed E-state index contributed by atoms with van der Waals surface area (Å²) in [7, 11) is 0.0851. The normalized spacial score (nSPS) is 16.6. The second-order valence-electron chi connectivity index (χ2n) is 12.3. The summed E-state index contributed by atoms with van der Waals surface area (Å²) in [4.78, 5) is 40.9. The van der Waals surface area contributed by atoms with Crippen molar-refractivity contribution in [3.8, 4) is 11.3 Å². The Morgan fingerprint density at radius 2 is 1.78 bits per heavy atom. The molecule has 0 aliphatic heterocycles. The lowest BCUT2D eigenvalue weighted by molar-refractivity contribution is -0.122. The van der Waals surface area contributed by atoms with Gasteiger partial charge in [-0.2, -0.15) is 0 Å². The molecular weight excluding hydrogens is 641 g/mol. The largest absolute Gasteiger partial charge is 0.350 e. The molecule has 252 valence electrons. The highest BCUT2D eigenvalue weighted by Gasteiger charge is 2.28. The van der Waals surface area contributed by atoms with Crippen molar-refractivity contribution in [3.05, 3.63) is 104 Å². The van der Waals surface area contributed by atoms with Crippen LogP contribution in [-0.2, 0) is 19.6 Å². The molecule has 1 fully saturated rings. The first-order valence-electron chi connectivity index (χ1n) is 16.1. The van der Waals surface area contributed by atoms with Gasteiger partial charge in [-0.15, -0.1) is 0 Å². The van der Waals surface area contributed by atoms with Crippen LogP contribution in [0.15, 0.2) is 109 Å². The number of hydrogen-bond donors (Lipinski definition) is 3. The average molecular weight is 679 g/mol. The molecule has 3 N–H and O–H groups in total. The van der Waals surface area contributed by atoms with Crippen LogP contribution < -0.4 is 16.0 Å². The van der Waals surface area contributed by atoms with Crippen molar-refractivity contribution in [2.75, 3.05) is 31.3 Å². The summed E-state index contributed by atoms with van der Waals surface area (Å²) in [6, 6.07) is 20.9. The lowest BCUT2D eigenvalue weighted by Crippen LogP contribution is -2.40. The van der Waals surface area contributed by atoms with E-state index in [0.717, 1.165) is 24.9 Å². The third kappa shape index (κ3) is 8.19. The number of likely N-dealkylation sites (N-methyl/N-ethyl adjacent to an activating group) is 1. The third-order valence-electron chi connectivity index (χ3n) is 8.29. The molecule has 2 unspecified atom stereocenters. The molecule has 3 heterocycles. The number of pyridine rings is 1. The highest BCUT2D eigenvalue weighted by Crippen LogP contribution is 2.29. The number of fused-ring (bicyclic) bond motifs is 1. The Balaban J connectivity index is 1.10. The Kier molecular flexibility index (Phi) is 10.1. The first-order valence-corrected chi connectivity index (χ1v) is 17.5. The minimum atomic E-state index is -3.80. The molecule has 2 atom stereocenters. The zero-order valence-corrected chi connectivity index (χ0v) is 28.1. The summed E-state index contributed by atoms with van der Waals surface area (Å²) in [5.41, 5.74) is 2.98. The topological polar surface area (TPSA) is 151 Å². The average Bonchev–Trinajstić information content (AvgIpc) is 3.53. The number of rotatable bonds is 11. The van der Waals surface area contributed by atoms with Crippen LogP contribution in [-0.4, -0.2) is 70.7 Å². The number of hydrogen-bond acceptors (Lipinski definition) is 9. The molecule has 0 spiro atoms. The molecule has 3 aromatic heterocycles. The highest BCUT2D eigenvalue weighted by atomic mass is 32.2. The summed E-state index contributed by atoms with van der Waals surface area (Å²) in [6.45, 7) is 0.685. The fraction of sp³-hybridized carbons (Fsp3) is 0.250. The van der Waals surface area contributed by atoms with Gasteiger partial charge in [-0.1, -0.05) is 36.8 Å². The fourth-order valence-electron chi connectivity index (χ4n) is 5.87. The summed E-state index contributed by atoms with van der Waals surface area (Å²) >= 11 is 0. The minimum Gasteiger partial charge on any atom is -0.350 e. The number of carbonyl (C=O) groups excluding carboxylic acids is 2. The van der Waals surface area contributed by atoms with Crippen LogP contribution in [0.5, 0.6) is 0 Å². The van der Waals surface area contributed by atoms with Crippen molar-refractivity contribution >= 4 is 50.1 Å². The van der Waals surface area contributed by atoms with Crippen LogP contribution >= 0.6 is 0 Å². The van der Waals surface area contributed by atoms with Gasteiger partial charge in [-0.25, -0.2) is 27.3 Å². The standard InChI is InChI=1S/C36H38N8O4S/c1-43(2)17-8-15-34(45)41-28-10-6-9-26(20-28)36(46)42-30-12-7-11-29(21-30)40-33-22-32(38-24-39-33)27-19-25-16-18-44(35(25)37-23-27)49(47,48)31-13-4-3-5-14-31/h3-5,7-8,11-16,18-19,21-24,26,28H,6,9-10,17,20H2,1-2H3,(H,41,45)(H,42,46)(H,38,39,40)/b15-8+. The van der Waals surface area contributed by atoms with E-state index in [0.29, 0.717) is 46.8 Å². The first kappa shape index (κ1) is 33.5. The maximum atomic E-state index is 13.2. The minimum absolute atomic E-state index is 0.0425. The van der Waals surface area contributed by atoms with Crippen molar-refractivity contribution < 1.29 is 18.0 Å². The number of amides is 2. The van der Waals surface area contributed by atoms with Crippen molar-refractivity contribution in [1.29, 1.82) is 0 Å². The van der Waals surface area contributed by atoms with Crippen molar-refractivity contribution in [2.45, 2.75) is 36.6 Å². The maximum Gasteiger partial charge on any atom is 0.269 e. The zero-order valence-electron chi connectivity index (χ0n) is 27.3. The number of aromatic nitrogens is 4. The molecule has 1 aliphatic carbocycles. The molecule has 1 saturated carbocycles. The smallest absolute Gasteiger partial charge is 0.269 e. The van der Waals surface area contributed by atoms with E-state index in [4.69, 9.17) is 0 Å². The Bertz CT molecular complexity index is 2100. The van der Waals surface area contributed by atoms with Crippen LogP contribution in [0.25, 0.3) is 22.3 Å². The van der Waals surface area contributed by atoms with E-state index < -0.39 is 10.0 Å². The number of anilines is 3. The van der Waals surface area contributed by atoms with Crippen molar-refractivity contribution in [3.63, 3.8) is 0 Å². The Hall–Kier alpha value is -5.40. The quantitative estimate of drug-likeness (QED) is 0.160. The number of nitrogens with zero attached hydrogens (tertiary/aromatic N) is 5. The van der Waals surface area contributed by atoms with Crippen LogP contribution in [0.2, 0.25) is 0 Å². The predicted molar refractivity (Wildman–Crippen MR) is 190 cm³/mol. The van der Waals surface area contributed by atoms with Crippen LogP contribution in [0.4, 0.5) is 17.2 Å². The van der Waals surface area contributed by atoms with Gasteiger partial charge in [0.25, 0.3) is 10.0 Å². The van der Waals surface area contributed by atoms with Gasteiger partial charge in [-0.05, 0) is 75.8 Å². The molecule has 0 saturated heterocycles. The number of carbonyl (C=O) groups is 2. The summed E-state index contributed by atoms with van der Waals surface area (Å²) in [5.74, 6) is 0.122. The van der Waals surface area contributed by atoms with Gasteiger partial charge < -0.3 is 20.9 Å². The summed E-state index contributed by atoms with van der Waals surface area (Å²) in [6.07, 6.45) is 11.0. The predicted octanol–water partition coefficient (Wildman–Crippen LogP) is 5.21. The Labute approximate surface area is 285 Å². The van der Waals surface area contributed by atoms with Gasteiger partial charge in [0.15, 0.2) is 5.65 Å². The van der Waals surface area contributed by atoms with E-state index in [1.165, 1.54) is 16.5 Å². The van der Waals surface area contributed by atoms with E-state index in [9.17, 15) is 18.0 Å². The summed E-state index contributed by atoms with van der Waals surface area (Å²) < 4.78 is 27.6. The number of nitrogens with one attached hydrogen (secondary N) is 3. The Morgan fingerprint density at radius 1 is 0.959 bits per heavy atom. The molecule has 1 aliphatic rings. The molecule has 2 aromatic carbocycles. The van der Waals surface area contributed by atoms with E-state index in [-0.39, 0.29) is 28.7 Å². The van der Waals surface area contributed by atoms with E-state index in [1.54, 1.807) is 54.7 Å². The van der Waals surface area contributed by atoms with E-state index >= 15 is 0 Å². The van der Waals surface area contributed by atoms with Gasteiger partial charge in [0.2, 0.25) is 11.8 Å². The monoisotopic (exact) mass is 678 g/mol. The molecular formula is C36H38N8O4S. The zero-order chi connectivity index (χ0) is 34.4. The maximum absolute atomic E-state index is 13.2. The fourth-order valence-corrected chi connectivity index (χ4v) is 7.20. The molecule has 12 nitrogen and oxygen atoms in total. The van der Waals surface area contributed by atoms with Gasteiger partial charge >= 0.3 is 0 Å². The van der Waals surface area contributed by atoms with Crippen LogP contribution in [0.3, 0.4) is 0 Å². The highest BCUT2D eigenvalue weighted by molar-refractivity contribution is 7.90. The molecule has 5 aromatic rings. The summed E-state index contributed by atoms with van der Waals surface area (Å²) in [5, 5.41) is 10.0. The first-order chi connectivity index (χ1) is 23.7. The van der Waals surface area contributed by atoms with Gasteiger partial charge in [0, 0.05) is 65.4 Å². The molecule has 13 heteroatoms. The van der Waals surface area contributed by atoms with Crippen molar-refractivity contribution in [2.24, 2.45) is 5.92 Å². The molecule has 0 radical (unpaired) electrons. The van der Waals surface area contributed by atoms with Crippen LogP contribution in [0, 0.1) is 5.92 Å². The van der Waals surface area contributed by atoms with E-state index in [1.807, 2.05) is 55.4 Å². The Morgan fingerprint density at radius 3 is 2.59 bits per heavy atom. The second kappa shape index (κ2) is 14.8. The molecule has 6 rings (SSSR count). The molecule has 49 heavy (non-hydrogen) atoms. The van der Waals surface area contributed by atoms with Gasteiger partial charge in [0.1, 0.15) is 12.1 Å². The third-order valence-corrected chi connectivity index (χ3v) is 9.97. The molecule has 0 bridgehead atoms. The second-order valence-corrected chi connectivity index (χ2v) is 14.1. The lowest BCUT2D eigenvalue weighted by Gasteiger charge is -2.28.